The summed E-state index contributed by atoms with van der Waals surface area (Å²) in [6.07, 6.45) is 3.67. The Bertz CT molecular complexity index is 954. The van der Waals surface area contributed by atoms with E-state index in [-0.39, 0.29) is 5.91 Å². The van der Waals surface area contributed by atoms with Gasteiger partial charge >= 0.3 is 0 Å². The third-order valence-corrected chi connectivity index (χ3v) is 6.39. The Morgan fingerprint density at radius 3 is 2.50 bits per heavy atom. The quantitative estimate of drug-likeness (QED) is 0.576. The molecule has 1 aromatic carbocycles. The van der Waals surface area contributed by atoms with Gasteiger partial charge in [0.15, 0.2) is 5.16 Å². The van der Waals surface area contributed by atoms with Crippen molar-refractivity contribution in [2.75, 3.05) is 31.9 Å². The van der Waals surface area contributed by atoms with Crippen LogP contribution < -0.4 is 4.90 Å². The zero-order chi connectivity index (χ0) is 20.8. The number of hydrogen-bond donors (Lipinski definition) is 1. The summed E-state index contributed by atoms with van der Waals surface area (Å²) in [5, 5.41) is 9.29. The standard InChI is InChI=1S/C22H26N6OS/c1-18-24-25-22(28(18)16-19-5-3-2-4-6-19)30-17-21(29)27-13-11-26(12-14-27)15-20-7-9-23-10-8-20/h2-10H,11-17H2,1H3/p+1. The van der Waals surface area contributed by atoms with Gasteiger partial charge in [-0.15, -0.1) is 10.2 Å². The molecule has 2 aromatic heterocycles. The van der Waals surface area contributed by atoms with Crippen LogP contribution in [0.25, 0.3) is 0 Å². The second-order valence-electron chi connectivity index (χ2n) is 7.55. The Labute approximate surface area is 181 Å². The molecule has 1 amide bonds. The van der Waals surface area contributed by atoms with Gasteiger partial charge in [0.05, 0.1) is 38.5 Å². The Balaban J connectivity index is 1.27. The monoisotopic (exact) mass is 423 g/mol. The van der Waals surface area contributed by atoms with Crippen LogP contribution in [-0.4, -0.2) is 62.5 Å². The van der Waals surface area contributed by atoms with Gasteiger partial charge in [-0.05, 0) is 24.6 Å². The smallest absolute Gasteiger partial charge is 0.233 e. The van der Waals surface area contributed by atoms with E-state index in [1.165, 1.54) is 27.8 Å². The number of piperazine rings is 1. The molecule has 0 saturated carbocycles. The molecule has 4 rings (SSSR count). The summed E-state index contributed by atoms with van der Waals surface area (Å²) in [7, 11) is 0. The third kappa shape index (κ3) is 5.25. The molecule has 0 atom stereocenters. The first-order valence-electron chi connectivity index (χ1n) is 10.3. The lowest BCUT2D eigenvalue weighted by atomic mass is 10.2. The Hall–Kier alpha value is -2.71. The van der Waals surface area contributed by atoms with Gasteiger partial charge < -0.3 is 14.4 Å². The first-order chi connectivity index (χ1) is 14.7. The molecule has 1 fully saturated rings. The highest BCUT2D eigenvalue weighted by molar-refractivity contribution is 7.99. The van der Waals surface area contributed by atoms with E-state index >= 15 is 0 Å². The zero-order valence-corrected chi connectivity index (χ0v) is 18.0. The maximum atomic E-state index is 12.7. The Kier molecular flexibility index (Phi) is 6.76. The molecule has 3 aromatic rings. The van der Waals surface area contributed by atoms with Gasteiger partial charge in [0, 0.05) is 18.0 Å². The van der Waals surface area contributed by atoms with Crippen LogP contribution in [0.2, 0.25) is 0 Å². The van der Waals surface area contributed by atoms with E-state index in [9.17, 15) is 4.79 Å². The molecule has 8 heteroatoms. The van der Waals surface area contributed by atoms with E-state index in [1.807, 2.05) is 42.4 Å². The number of quaternary nitrogens is 1. The number of aromatic nitrogens is 4. The number of nitrogens with one attached hydrogen (secondary N) is 1. The highest BCUT2D eigenvalue weighted by Gasteiger charge is 2.24. The number of pyridine rings is 1. The fraction of sp³-hybridized carbons (Fsp3) is 0.364. The lowest BCUT2D eigenvalue weighted by Crippen LogP contribution is -3.13. The van der Waals surface area contributed by atoms with Crippen LogP contribution in [-0.2, 0) is 17.9 Å². The maximum Gasteiger partial charge on any atom is 0.233 e. The van der Waals surface area contributed by atoms with Crippen LogP contribution in [0, 0.1) is 6.92 Å². The molecule has 156 valence electrons. The van der Waals surface area contributed by atoms with Gasteiger partial charge in [0.2, 0.25) is 5.91 Å². The summed E-state index contributed by atoms with van der Waals surface area (Å²) < 4.78 is 2.07. The lowest BCUT2D eigenvalue weighted by molar-refractivity contribution is -0.917. The summed E-state index contributed by atoms with van der Waals surface area (Å²) in [5.41, 5.74) is 2.49. The van der Waals surface area contributed by atoms with Crippen LogP contribution in [0.5, 0.6) is 0 Å². The van der Waals surface area contributed by atoms with Crippen molar-refractivity contribution in [1.82, 2.24) is 24.6 Å². The first-order valence-corrected chi connectivity index (χ1v) is 11.2. The third-order valence-electron chi connectivity index (χ3n) is 5.44. The average molecular weight is 424 g/mol. The lowest BCUT2D eigenvalue weighted by Gasteiger charge is -2.32. The number of carbonyl (C=O) groups is 1. The summed E-state index contributed by atoms with van der Waals surface area (Å²) >= 11 is 1.48. The number of benzene rings is 1. The van der Waals surface area contributed by atoms with Gasteiger partial charge in [0.1, 0.15) is 12.4 Å². The van der Waals surface area contributed by atoms with E-state index in [0.717, 1.165) is 43.7 Å². The number of rotatable bonds is 7. The summed E-state index contributed by atoms with van der Waals surface area (Å²) in [4.78, 5) is 20.3. The molecule has 0 spiro atoms. The molecule has 1 aliphatic rings. The van der Waals surface area contributed by atoms with Crippen LogP contribution >= 0.6 is 11.8 Å². The predicted molar refractivity (Wildman–Crippen MR) is 116 cm³/mol. The minimum Gasteiger partial charge on any atom is -0.331 e. The molecule has 1 aliphatic heterocycles. The molecule has 0 radical (unpaired) electrons. The first kappa shape index (κ1) is 20.6. The van der Waals surface area contributed by atoms with Crippen molar-refractivity contribution in [2.45, 2.75) is 25.2 Å². The fourth-order valence-corrected chi connectivity index (χ4v) is 4.56. The summed E-state index contributed by atoms with van der Waals surface area (Å²) in [6.45, 7) is 7.20. The zero-order valence-electron chi connectivity index (χ0n) is 17.2. The van der Waals surface area contributed by atoms with Crippen molar-refractivity contribution >= 4 is 17.7 Å². The second-order valence-corrected chi connectivity index (χ2v) is 8.50. The SMILES string of the molecule is Cc1nnc(SCC(=O)N2CC[NH+](Cc3ccncc3)CC2)n1Cc1ccccc1. The predicted octanol–water partition coefficient (Wildman–Crippen LogP) is 1.05. The topological polar surface area (TPSA) is 68.3 Å². The highest BCUT2D eigenvalue weighted by atomic mass is 32.2. The molecule has 30 heavy (non-hydrogen) atoms. The molecule has 0 unspecified atom stereocenters. The maximum absolute atomic E-state index is 12.7. The normalized spacial score (nSPS) is 14.8. The minimum atomic E-state index is 0.176. The van der Waals surface area contributed by atoms with Crippen molar-refractivity contribution < 1.29 is 9.69 Å². The van der Waals surface area contributed by atoms with Crippen molar-refractivity contribution in [3.8, 4) is 0 Å². The molecule has 7 nitrogen and oxygen atoms in total. The van der Waals surface area contributed by atoms with E-state index in [0.29, 0.717) is 12.3 Å². The number of thioether (sulfide) groups is 1. The van der Waals surface area contributed by atoms with Crippen LogP contribution in [0.1, 0.15) is 17.0 Å². The molecule has 1 saturated heterocycles. The average Bonchev–Trinajstić information content (AvgIpc) is 3.13. The number of hydrogen-bond acceptors (Lipinski definition) is 5. The Morgan fingerprint density at radius 2 is 1.77 bits per heavy atom. The highest BCUT2D eigenvalue weighted by Crippen LogP contribution is 2.19. The van der Waals surface area contributed by atoms with E-state index in [2.05, 4.69) is 44.0 Å². The minimum absolute atomic E-state index is 0.176. The number of aryl methyl sites for hydroxylation is 1. The van der Waals surface area contributed by atoms with E-state index < -0.39 is 0 Å². The largest absolute Gasteiger partial charge is 0.331 e. The van der Waals surface area contributed by atoms with Crippen LogP contribution in [0.3, 0.4) is 0 Å². The van der Waals surface area contributed by atoms with E-state index in [1.54, 1.807) is 0 Å². The molecule has 0 bridgehead atoms. The van der Waals surface area contributed by atoms with Crippen molar-refractivity contribution in [3.63, 3.8) is 0 Å². The molecule has 3 heterocycles. The van der Waals surface area contributed by atoms with Gasteiger partial charge in [-0.25, -0.2) is 0 Å². The second kappa shape index (κ2) is 9.86. The number of carbonyl (C=O) groups excluding carboxylic acids is 1. The van der Waals surface area contributed by atoms with Crippen molar-refractivity contribution in [1.29, 1.82) is 0 Å². The van der Waals surface area contributed by atoms with E-state index in [4.69, 9.17) is 0 Å². The van der Waals surface area contributed by atoms with Crippen LogP contribution in [0.15, 0.2) is 60.0 Å². The molecule has 0 aliphatic carbocycles. The Morgan fingerprint density at radius 1 is 1.03 bits per heavy atom. The fourth-order valence-electron chi connectivity index (χ4n) is 3.67. The number of nitrogens with zero attached hydrogens (tertiary/aromatic N) is 5. The van der Waals surface area contributed by atoms with Gasteiger partial charge in [-0.3, -0.25) is 9.78 Å². The van der Waals surface area contributed by atoms with Crippen molar-refractivity contribution in [3.05, 3.63) is 71.8 Å². The van der Waals surface area contributed by atoms with Gasteiger partial charge in [-0.1, -0.05) is 42.1 Å². The van der Waals surface area contributed by atoms with Gasteiger partial charge in [-0.2, -0.15) is 0 Å². The molecular weight excluding hydrogens is 396 g/mol. The van der Waals surface area contributed by atoms with Crippen LogP contribution in [0.4, 0.5) is 0 Å². The number of amides is 1. The summed E-state index contributed by atoms with van der Waals surface area (Å²) in [5.74, 6) is 1.43. The molecular formula is C22H27N6OS+. The van der Waals surface area contributed by atoms with Gasteiger partial charge in [0.25, 0.3) is 0 Å². The van der Waals surface area contributed by atoms with Crippen molar-refractivity contribution in [2.24, 2.45) is 0 Å². The summed E-state index contributed by atoms with van der Waals surface area (Å²) in [6, 6.07) is 14.4. The molecule has 1 N–H and O–H groups in total.